The van der Waals surface area contributed by atoms with Crippen LogP contribution in [0.25, 0.3) is 0 Å². The Bertz CT molecular complexity index is 185. The molecule has 0 bridgehead atoms. The molecule has 1 aliphatic rings. The van der Waals surface area contributed by atoms with E-state index in [-0.39, 0.29) is 0 Å². The first kappa shape index (κ1) is 15.0. The van der Waals surface area contributed by atoms with E-state index in [4.69, 9.17) is 5.73 Å². The molecule has 2 heteroatoms. The lowest BCUT2D eigenvalue weighted by atomic mass is 9.79. The zero-order valence-corrected chi connectivity index (χ0v) is 12.1. The van der Waals surface area contributed by atoms with Gasteiger partial charge >= 0.3 is 0 Å². The number of likely N-dealkylation sites (N-methyl/N-ethyl adjacent to an activating group) is 1. The van der Waals surface area contributed by atoms with E-state index < -0.39 is 0 Å². The van der Waals surface area contributed by atoms with Gasteiger partial charge in [0.05, 0.1) is 0 Å². The van der Waals surface area contributed by atoms with E-state index in [1.165, 1.54) is 51.5 Å². The second-order valence-corrected chi connectivity index (χ2v) is 6.01. The molecule has 1 atom stereocenters. The number of nitrogens with zero attached hydrogens (tertiary/aromatic N) is 1. The average Bonchev–Trinajstić information content (AvgIpc) is 2.33. The summed E-state index contributed by atoms with van der Waals surface area (Å²) in [5, 5.41) is 0. The van der Waals surface area contributed by atoms with E-state index in [0.29, 0.717) is 6.04 Å². The summed E-state index contributed by atoms with van der Waals surface area (Å²) in [6, 6.07) is 0.624. The molecule has 1 saturated carbocycles. The van der Waals surface area contributed by atoms with Crippen molar-refractivity contribution in [2.24, 2.45) is 17.6 Å². The van der Waals surface area contributed by atoms with Crippen molar-refractivity contribution in [2.75, 3.05) is 20.1 Å². The standard InChI is InChI=1S/C15H32N2/c1-4-5-6-11-17(3)15(12-16)14-9-7-13(2)8-10-14/h13-15H,4-12,16H2,1-3H3. The van der Waals surface area contributed by atoms with Gasteiger partial charge in [0.1, 0.15) is 0 Å². The van der Waals surface area contributed by atoms with Gasteiger partial charge in [0.2, 0.25) is 0 Å². The predicted molar refractivity (Wildman–Crippen MR) is 76.1 cm³/mol. The topological polar surface area (TPSA) is 29.3 Å². The maximum atomic E-state index is 6.00. The Balaban J connectivity index is 2.35. The maximum absolute atomic E-state index is 6.00. The zero-order chi connectivity index (χ0) is 12.7. The number of unbranched alkanes of at least 4 members (excludes halogenated alkanes) is 2. The Hall–Kier alpha value is -0.0800. The number of hydrogen-bond acceptors (Lipinski definition) is 2. The van der Waals surface area contributed by atoms with Gasteiger partial charge in [-0.15, -0.1) is 0 Å². The summed E-state index contributed by atoms with van der Waals surface area (Å²) in [5.74, 6) is 1.79. The second kappa shape index (κ2) is 8.10. The highest BCUT2D eigenvalue weighted by Crippen LogP contribution is 2.31. The summed E-state index contributed by atoms with van der Waals surface area (Å²) in [4.78, 5) is 2.52. The van der Waals surface area contributed by atoms with Gasteiger partial charge in [-0.2, -0.15) is 0 Å². The normalized spacial score (nSPS) is 27.4. The maximum Gasteiger partial charge on any atom is 0.0243 e. The zero-order valence-electron chi connectivity index (χ0n) is 12.1. The van der Waals surface area contributed by atoms with Gasteiger partial charge in [-0.1, -0.05) is 39.5 Å². The van der Waals surface area contributed by atoms with Gasteiger partial charge in [0.25, 0.3) is 0 Å². The van der Waals surface area contributed by atoms with Crippen molar-refractivity contribution in [2.45, 2.75) is 64.8 Å². The molecule has 0 aliphatic heterocycles. The highest BCUT2D eigenvalue weighted by atomic mass is 15.1. The van der Waals surface area contributed by atoms with E-state index >= 15 is 0 Å². The van der Waals surface area contributed by atoms with Crippen LogP contribution in [0.3, 0.4) is 0 Å². The molecule has 2 N–H and O–H groups in total. The molecule has 0 aromatic carbocycles. The average molecular weight is 240 g/mol. The molecule has 0 aromatic heterocycles. The third kappa shape index (κ3) is 4.97. The van der Waals surface area contributed by atoms with Crippen LogP contribution in [-0.2, 0) is 0 Å². The number of hydrogen-bond donors (Lipinski definition) is 1. The fraction of sp³-hybridized carbons (Fsp3) is 1.00. The molecule has 0 heterocycles. The molecule has 1 fully saturated rings. The van der Waals surface area contributed by atoms with Crippen molar-refractivity contribution in [1.82, 2.24) is 4.90 Å². The van der Waals surface area contributed by atoms with Gasteiger partial charge in [-0.05, 0) is 44.7 Å². The van der Waals surface area contributed by atoms with Crippen LogP contribution in [-0.4, -0.2) is 31.1 Å². The molecule has 0 radical (unpaired) electrons. The molecular formula is C15H32N2. The van der Waals surface area contributed by atoms with E-state index in [2.05, 4.69) is 25.8 Å². The minimum atomic E-state index is 0.624. The lowest BCUT2D eigenvalue weighted by molar-refractivity contribution is 0.134. The third-order valence-electron chi connectivity index (χ3n) is 4.53. The highest BCUT2D eigenvalue weighted by molar-refractivity contribution is 4.82. The van der Waals surface area contributed by atoms with Gasteiger partial charge in [-0.25, -0.2) is 0 Å². The van der Waals surface area contributed by atoms with Crippen molar-refractivity contribution in [3.8, 4) is 0 Å². The molecule has 0 spiro atoms. The summed E-state index contributed by atoms with van der Waals surface area (Å²) >= 11 is 0. The molecule has 17 heavy (non-hydrogen) atoms. The van der Waals surface area contributed by atoms with Crippen LogP contribution in [0.15, 0.2) is 0 Å². The molecule has 0 amide bonds. The van der Waals surface area contributed by atoms with Crippen molar-refractivity contribution in [3.05, 3.63) is 0 Å². The van der Waals surface area contributed by atoms with Crippen molar-refractivity contribution >= 4 is 0 Å². The minimum absolute atomic E-state index is 0.624. The van der Waals surface area contributed by atoms with Crippen LogP contribution in [0.2, 0.25) is 0 Å². The van der Waals surface area contributed by atoms with E-state index in [1.54, 1.807) is 0 Å². The summed E-state index contributed by atoms with van der Waals surface area (Å²) in [5.41, 5.74) is 6.00. The van der Waals surface area contributed by atoms with Gasteiger partial charge in [0.15, 0.2) is 0 Å². The van der Waals surface area contributed by atoms with Crippen molar-refractivity contribution in [3.63, 3.8) is 0 Å². The Kier molecular flexibility index (Phi) is 7.14. The van der Waals surface area contributed by atoms with Crippen molar-refractivity contribution < 1.29 is 0 Å². The lowest BCUT2D eigenvalue weighted by Gasteiger charge is -2.37. The second-order valence-electron chi connectivity index (χ2n) is 6.01. The summed E-state index contributed by atoms with van der Waals surface area (Å²) in [6.07, 6.45) is 9.58. The van der Waals surface area contributed by atoms with Crippen LogP contribution in [0, 0.1) is 11.8 Å². The molecule has 1 aliphatic carbocycles. The summed E-state index contributed by atoms with van der Waals surface area (Å²) < 4.78 is 0. The van der Waals surface area contributed by atoms with Crippen LogP contribution in [0.5, 0.6) is 0 Å². The lowest BCUT2D eigenvalue weighted by Crippen LogP contribution is -2.45. The van der Waals surface area contributed by atoms with Gasteiger partial charge in [-0.3, -0.25) is 0 Å². The van der Waals surface area contributed by atoms with E-state index in [1.807, 2.05) is 0 Å². The quantitative estimate of drug-likeness (QED) is 0.692. The van der Waals surface area contributed by atoms with Gasteiger partial charge in [0, 0.05) is 12.6 Å². The molecule has 1 rings (SSSR count). The predicted octanol–water partition coefficient (Wildman–Crippen LogP) is 3.26. The van der Waals surface area contributed by atoms with Gasteiger partial charge < -0.3 is 10.6 Å². The molecule has 102 valence electrons. The monoisotopic (exact) mass is 240 g/mol. The molecular weight excluding hydrogens is 208 g/mol. The Morgan fingerprint density at radius 1 is 1.18 bits per heavy atom. The Morgan fingerprint density at radius 3 is 2.35 bits per heavy atom. The van der Waals surface area contributed by atoms with Crippen molar-refractivity contribution in [1.29, 1.82) is 0 Å². The largest absolute Gasteiger partial charge is 0.329 e. The molecule has 0 saturated heterocycles. The minimum Gasteiger partial charge on any atom is -0.329 e. The SMILES string of the molecule is CCCCCN(C)C(CN)C1CCC(C)CC1. The number of nitrogens with two attached hydrogens (primary N) is 1. The van der Waals surface area contributed by atoms with E-state index in [0.717, 1.165) is 18.4 Å². The highest BCUT2D eigenvalue weighted by Gasteiger charge is 2.27. The first-order chi connectivity index (χ1) is 8.19. The summed E-state index contributed by atoms with van der Waals surface area (Å²) in [7, 11) is 2.27. The molecule has 2 nitrogen and oxygen atoms in total. The first-order valence-corrected chi connectivity index (χ1v) is 7.59. The Morgan fingerprint density at radius 2 is 1.82 bits per heavy atom. The fourth-order valence-electron chi connectivity index (χ4n) is 3.18. The third-order valence-corrected chi connectivity index (χ3v) is 4.53. The van der Waals surface area contributed by atoms with Crippen LogP contribution in [0.1, 0.15) is 58.8 Å². The Labute approximate surface area is 108 Å². The van der Waals surface area contributed by atoms with Crippen LogP contribution < -0.4 is 5.73 Å². The number of rotatable bonds is 7. The molecule has 0 aromatic rings. The first-order valence-electron chi connectivity index (χ1n) is 7.59. The van der Waals surface area contributed by atoms with E-state index in [9.17, 15) is 0 Å². The molecule has 1 unspecified atom stereocenters. The smallest absolute Gasteiger partial charge is 0.0243 e. The van der Waals surface area contributed by atoms with Crippen LogP contribution >= 0.6 is 0 Å². The fourth-order valence-corrected chi connectivity index (χ4v) is 3.18. The van der Waals surface area contributed by atoms with Crippen LogP contribution in [0.4, 0.5) is 0 Å². The summed E-state index contributed by atoms with van der Waals surface area (Å²) in [6.45, 7) is 6.71.